The third kappa shape index (κ3) is 5.12. The van der Waals surface area contributed by atoms with Crippen LogP contribution < -0.4 is 15.4 Å². The molecule has 2 atom stereocenters. The number of piperidine rings is 1. The SMILES string of the molecule is CC(CC1CCCCN1)Nc1ccc(OC(F)F)c(F)c1. The van der Waals surface area contributed by atoms with E-state index in [0.29, 0.717) is 11.7 Å². The fourth-order valence-electron chi connectivity index (χ4n) is 2.68. The predicted molar refractivity (Wildman–Crippen MR) is 76.4 cm³/mol. The van der Waals surface area contributed by atoms with E-state index in [-0.39, 0.29) is 6.04 Å². The molecule has 0 amide bonds. The third-order valence-electron chi connectivity index (χ3n) is 3.61. The molecule has 0 bridgehead atoms. The number of alkyl halides is 2. The number of hydrogen-bond acceptors (Lipinski definition) is 3. The molecule has 1 aliphatic heterocycles. The lowest BCUT2D eigenvalue weighted by Gasteiger charge is -2.27. The molecule has 21 heavy (non-hydrogen) atoms. The Kier molecular flexibility index (Phi) is 5.73. The van der Waals surface area contributed by atoms with Gasteiger partial charge in [-0.15, -0.1) is 0 Å². The Hall–Kier alpha value is -1.43. The van der Waals surface area contributed by atoms with Crippen LogP contribution in [0.15, 0.2) is 18.2 Å². The highest BCUT2D eigenvalue weighted by Crippen LogP contribution is 2.24. The molecule has 0 aliphatic carbocycles. The van der Waals surface area contributed by atoms with Gasteiger partial charge >= 0.3 is 6.61 Å². The van der Waals surface area contributed by atoms with Crippen LogP contribution >= 0.6 is 0 Å². The van der Waals surface area contributed by atoms with Gasteiger partial charge in [-0.05, 0) is 44.9 Å². The molecule has 2 unspecified atom stereocenters. The summed E-state index contributed by atoms with van der Waals surface area (Å²) in [6.45, 7) is 0.0540. The van der Waals surface area contributed by atoms with Crippen LogP contribution in [0.4, 0.5) is 18.9 Å². The molecular weight excluding hydrogens is 281 g/mol. The van der Waals surface area contributed by atoms with E-state index in [1.165, 1.54) is 25.0 Å². The van der Waals surface area contributed by atoms with Crippen molar-refractivity contribution in [2.24, 2.45) is 0 Å². The summed E-state index contributed by atoms with van der Waals surface area (Å²) in [5.74, 6) is -1.22. The number of benzene rings is 1. The second kappa shape index (κ2) is 7.54. The Balaban J connectivity index is 1.88. The summed E-state index contributed by atoms with van der Waals surface area (Å²) >= 11 is 0. The van der Waals surface area contributed by atoms with Crippen molar-refractivity contribution in [1.29, 1.82) is 0 Å². The molecule has 1 heterocycles. The minimum Gasteiger partial charge on any atom is -0.432 e. The zero-order valence-electron chi connectivity index (χ0n) is 12.0. The molecule has 118 valence electrons. The Morgan fingerprint density at radius 2 is 2.19 bits per heavy atom. The average molecular weight is 302 g/mol. The maximum absolute atomic E-state index is 13.6. The smallest absolute Gasteiger partial charge is 0.387 e. The van der Waals surface area contributed by atoms with E-state index in [1.54, 1.807) is 6.07 Å². The van der Waals surface area contributed by atoms with Gasteiger partial charge in [0.1, 0.15) is 0 Å². The van der Waals surface area contributed by atoms with Crippen molar-refractivity contribution < 1.29 is 17.9 Å². The number of rotatable bonds is 6. The molecule has 1 aromatic carbocycles. The third-order valence-corrected chi connectivity index (χ3v) is 3.61. The van der Waals surface area contributed by atoms with Crippen molar-refractivity contribution in [3.63, 3.8) is 0 Å². The molecule has 0 aromatic heterocycles. The molecule has 0 radical (unpaired) electrons. The highest BCUT2D eigenvalue weighted by atomic mass is 19.3. The second-order valence-corrected chi connectivity index (χ2v) is 5.45. The second-order valence-electron chi connectivity index (χ2n) is 5.45. The maximum Gasteiger partial charge on any atom is 0.387 e. The van der Waals surface area contributed by atoms with Crippen LogP contribution in [0.25, 0.3) is 0 Å². The molecule has 6 heteroatoms. The van der Waals surface area contributed by atoms with Crippen LogP contribution in [-0.2, 0) is 0 Å². The van der Waals surface area contributed by atoms with Crippen molar-refractivity contribution in [3.05, 3.63) is 24.0 Å². The van der Waals surface area contributed by atoms with E-state index in [0.717, 1.165) is 19.4 Å². The zero-order chi connectivity index (χ0) is 15.2. The quantitative estimate of drug-likeness (QED) is 0.839. The average Bonchev–Trinajstić information content (AvgIpc) is 2.42. The maximum atomic E-state index is 13.6. The Labute approximate surface area is 122 Å². The molecule has 1 fully saturated rings. The first kappa shape index (κ1) is 15.9. The summed E-state index contributed by atoms with van der Waals surface area (Å²) in [5.41, 5.74) is 0.567. The van der Waals surface area contributed by atoms with Crippen LogP contribution in [-0.4, -0.2) is 25.2 Å². The lowest BCUT2D eigenvalue weighted by Crippen LogP contribution is -2.37. The summed E-state index contributed by atoms with van der Waals surface area (Å²) in [5, 5.41) is 6.65. The van der Waals surface area contributed by atoms with Crippen LogP contribution in [0.5, 0.6) is 5.75 Å². The van der Waals surface area contributed by atoms with E-state index in [4.69, 9.17) is 0 Å². The van der Waals surface area contributed by atoms with Gasteiger partial charge in [-0.25, -0.2) is 4.39 Å². The van der Waals surface area contributed by atoms with E-state index in [1.807, 2.05) is 6.92 Å². The molecule has 3 nitrogen and oxygen atoms in total. The van der Waals surface area contributed by atoms with E-state index in [2.05, 4.69) is 15.4 Å². The summed E-state index contributed by atoms with van der Waals surface area (Å²) in [6, 6.07) is 4.60. The largest absolute Gasteiger partial charge is 0.432 e. The first-order chi connectivity index (χ1) is 10.0. The Bertz CT molecular complexity index is 451. The fraction of sp³-hybridized carbons (Fsp3) is 0.600. The molecule has 1 aromatic rings. The van der Waals surface area contributed by atoms with Gasteiger partial charge < -0.3 is 15.4 Å². The normalized spacial score (nSPS) is 20.3. The van der Waals surface area contributed by atoms with Crippen molar-refractivity contribution in [2.45, 2.75) is 51.3 Å². The zero-order valence-corrected chi connectivity index (χ0v) is 12.0. The van der Waals surface area contributed by atoms with Gasteiger partial charge in [-0.3, -0.25) is 0 Å². The summed E-state index contributed by atoms with van der Waals surface area (Å²) in [4.78, 5) is 0. The topological polar surface area (TPSA) is 33.3 Å². The summed E-state index contributed by atoms with van der Waals surface area (Å²) < 4.78 is 41.8. The van der Waals surface area contributed by atoms with Crippen molar-refractivity contribution >= 4 is 5.69 Å². The van der Waals surface area contributed by atoms with Gasteiger partial charge in [-0.2, -0.15) is 8.78 Å². The molecule has 1 saturated heterocycles. The first-order valence-electron chi connectivity index (χ1n) is 7.29. The predicted octanol–water partition coefficient (Wildman–Crippen LogP) is 3.76. The number of halogens is 3. The number of nitrogens with one attached hydrogen (secondary N) is 2. The molecule has 0 saturated carbocycles. The molecule has 2 rings (SSSR count). The summed E-state index contributed by atoms with van der Waals surface area (Å²) in [6.07, 6.45) is 4.55. The summed E-state index contributed by atoms with van der Waals surface area (Å²) in [7, 11) is 0. The lowest BCUT2D eigenvalue weighted by molar-refractivity contribution is -0.0521. The number of ether oxygens (including phenoxy) is 1. The van der Waals surface area contributed by atoms with Crippen LogP contribution in [0.3, 0.4) is 0 Å². The molecule has 2 N–H and O–H groups in total. The minimum absolute atomic E-state index is 0.168. The fourth-order valence-corrected chi connectivity index (χ4v) is 2.68. The van der Waals surface area contributed by atoms with Crippen LogP contribution in [0.1, 0.15) is 32.6 Å². The van der Waals surface area contributed by atoms with Crippen molar-refractivity contribution in [2.75, 3.05) is 11.9 Å². The van der Waals surface area contributed by atoms with Gasteiger partial charge in [0.2, 0.25) is 0 Å². The molecule has 0 spiro atoms. The molecule has 1 aliphatic rings. The van der Waals surface area contributed by atoms with Gasteiger partial charge in [0, 0.05) is 23.8 Å². The first-order valence-corrected chi connectivity index (χ1v) is 7.29. The van der Waals surface area contributed by atoms with Gasteiger partial charge in [0.05, 0.1) is 0 Å². The minimum atomic E-state index is -3.02. The van der Waals surface area contributed by atoms with Gasteiger partial charge in [0.15, 0.2) is 11.6 Å². The Morgan fingerprint density at radius 3 is 2.81 bits per heavy atom. The standard InChI is InChI=1S/C15H21F3N2O/c1-10(8-11-4-2-3-7-19-11)20-12-5-6-14(13(16)9-12)21-15(17)18/h5-6,9-11,15,19-20H,2-4,7-8H2,1H3. The van der Waals surface area contributed by atoms with Crippen LogP contribution in [0, 0.1) is 5.82 Å². The van der Waals surface area contributed by atoms with E-state index < -0.39 is 18.2 Å². The van der Waals surface area contributed by atoms with Gasteiger partial charge in [0.25, 0.3) is 0 Å². The Morgan fingerprint density at radius 1 is 1.38 bits per heavy atom. The number of hydrogen-bond donors (Lipinski definition) is 2. The van der Waals surface area contributed by atoms with E-state index >= 15 is 0 Å². The highest BCUT2D eigenvalue weighted by Gasteiger charge is 2.16. The van der Waals surface area contributed by atoms with Crippen molar-refractivity contribution in [1.82, 2.24) is 5.32 Å². The van der Waals surface area contributed by atoms with Crippen LogP contribution in [0.2, 0.25) is 0 Å². The van der Waals surface area contributed by atoms with E-state index in [9.17, 15) is 13.2 Å². The number of anilines is 1. The van der Waals surface area contributed by atoms with Crippen molar-refractivity contribution in [3.8, 4) is 5.75 Å². The van der Waals surface area contributed by atoms with Gasteiger partial charge in [-0.1, -0.05) is 6.42 Å². The highest BCUT2D eigenvalue weighted by molar-refractivity contribution is 5.47. The lowest BCUT2D eigenvalue weighted by atomic mass is 9.98. The monoisotopic (exact) mass is 302 g/mol. The molecular formula is C15H21F3N2O.